The number of carbonyl (C=O) groups excluding carboxylic acids is 2. The highest BCUT2D eigenvalue weighted by atomic mass is 79.9. The molecular weight excluding hydrogens is 374 g/mol. The van der Waals surface area contributed by atoms with Crippen molar-refractivity contribution >= 4 is 33.4 Å². The lowest BCUT2D eigenvalue weighted by Gasteiger charge is -2.09. The van der Waals surface area contributed by atoms with Crippen molar-refractivity contribution in [1.82, 2.24) is 10.3 Å². The molecule has 0 saturated carbocycles. The quantitative estimate of drug-likeness (QED) is 0.741. The van der Waals surface area contributed by atoms with Crippen LogP contribution in [0.5, 0.6) is 0 Å². The maximum Gasteiger partial charge on any atom is 0.257 e. The van der Waals surface area contributed by atoms with Crippen LogP contribution in [-0.2, 0) is 4.74 Å². The summed E-state index contributed by atoms with van der Waals surface area (Å²) in [4.78, 5) is 28.3. The Kier molecular flexibility index (Phi) is 6.45. The summed E-state index contributed by atoms with van der Waals surface area (Å²) in [5, 5.41) is 5.48. The minimum absolute atomic E-state index is 0.300. The number of benzene rings is 1. The normalized spacial score (nSPS) is 10.3. The van der Waals surface area contributed by atoms with Gasteiger partial charge in [-0.25, -0.2) is 0 Å². The van der Waals surface area contributed by atoms with E-state index in [1.54, 1.807) is 7.11 Å². The zero-order chi connectivity index (χ0) is 17.5. The maximum atomic E-state index is 12.4. The van der Waals surface area contributed by atoms with Crippen molar-refractivity contribution in [1.29, 1.82) is 0 Å². The fourth-order valence-corrected chi connectivity index (χ4v) is 2.57. The van der Waals surface area contributed by atoms with Crippen LogP contribution in [-0.4, -0.2) is 37.1 Å². The Labute approximate surface area is 148 Å². The highest BCUT2D eigenvalue weighted by molar-refractivity contribution is 9.10. The summed E-state index contributed by atoms with van der Waals surface area (Å²) in [6, 6.07) is 7.13. The number of nitrogens with zero attached hydrogens (tertiary/aromatic N) is 1. The number of amides is 2. The summed E-state index contributed by atoms with van der Waals surface area (Å²) in [6.07, 6.45) is 2.84. The topological polar surface area (TPSA) is 80.3 Å². The zero-order valence-electron chi connectivity index (χ0n) is 13.4. The Balaban J connectivity index is 2.09. The predicted octanol–water partition coefficient (Wildman–Crippen LogP) is 2.78. The number of aromatic nitrogens is 1. The fourth-order valence-electron chi connectivity index (χ4n) is 1.97. The SMILES string of the molecule is COCCNC(=O)c1cncc(C(=O)Nc2ccc(C)cc2Br)c1. The van der Waals surface area contributed by atoms with E-state index in [0.717, 1.165) is 10.0 Å². The van der Waals surface area contributed by atoms with Crippen LogP contribution in [0.1, 0.15) is 26.3 Å². The van der Waals surface area contributed by atoms with Gasteiger partial charge in [0.05, 0.1) is 23.4 Å². The molecule has 2 rings (SSSR count). The van der Waals surface area contributed by atoms with Gasteiger partial charge >= 0.3 is 0 Å². The van der Waals surface area contributed by atoms with E-state index in [-0.39, 0.29) is 11.8 Å². The highest BCUT2D eigenvalue weighted by Crippen LogP contribution is 2.23. The second kappa shape index (κ2) is 8.56. The molecule has 7 heteroatoms. The van der Waals surface area contributed by atoms with Crippen molar-refractivity contribution in [2.45, 2.75) is 6.92 Å². The molecule has 0 radical (unpaired) electrons. The lowest BCUT2D eigenvalue weighted by atomic mass is 10.1. The Morgan fingerprint density at radius 3 is 2.54 bits per heavy atom. The number of ether oxygens (including phenoxy) is 1. The number of rotatable bonds is 6. The van der Waals surface area contributed by atoms with E-state index < -0.39 is 0 Å². The molecule has 6 nitrogen and oxygen atoms in total. The first-order chi connectivity index (χ1) is 11.5. The lowest BCUT2D eigenvalue weighted by molar-refractivity contribution is 0.0936. The number of aryl methyl sites for hydroxylation is 1. The van der Waals surface area contributed by atoms with Gasteiger partial charge in [0, 0.05) is 30.5 Å². The fraction of sp³-hybridized carbons (Fsp3) is 0.235. The standard InChI is InChI=1S/C17H18BrN3O3/c1-11-3-4-15(14(18)7-11)21-17(23)13-8-12(9-19-10-13)16(22)20-5-6-24-2/h3-4,7-10H,5-6H2,1-2H3,(H,20,22)(H,21,23). The van der Waals surface area contributed by atoms with Crippen LogP contribution in [0, 0.1) is 6.92 Å². The van der Waals surface area contributed by atoms with Crippen molar-refractivity contribution < 1.29 is 14.3 Å². The molecule has 0 spiro atoms. The molecule has 1 heterocycles. The average molecular weight is 392 g/mol. The number of hydrogen-bond donors (Lipinski definition) is 2. The van der Waals surface area contributed by atoms with Crippen LogP contribution in [0.2, 0.25) is 0 Å². The summed E-state index contributed by atoms with van der Waals surface area (Å²) in [6.45, 7) is 2.77. The zero-order valence-corrected chi connectivity index (χ0v) is 15.0. The first-order valence-electron chi connectivity index (χ1n) is 7.31. The number of hydrogen-bond acceptors (Lipinski definition) is 4. The van der Waals surface area contributed by atoms with Crippen LogP contribution in [0.3, 0.4) is 0 Å². The summed E-state index contributed by atoms with van der Waals surface area (Å²) in [5.41, 5.74) is 2.36. The summed E-state index contributed by atoms with van der Waals surface area (Å²) >= 11 is 3.41. The molecule has 0 saturated heterocycles. The first kappa shape index (κ1) is 18.1. The lowest BCUT2D eigenvalue weighted by Crippen LogP contribution is -2.27. The summed E-state index contributed by atoms with van der Waals surface area (Å²) in [7, 11) is 1.56. The number of halogens is 1. The molecule has 2 amide bonds. The molecule has 0 aliphatic carbocycles. The summed E-state index contributed by atoms with van der Waals surface area (Å²) < 4.78 is 5.67. The molecule has 0 bridgehead atoms. The average Bonchev–Trinajstić information content (AvgIpc) is 2.57. The van der Waals surface area contributed by atoms with Crippen LogP contribution < -0.4 is 10.6 Å². The van der Waals surface area contributed by atoms with Gasteiger partial charge in [0.1, 0.15) is 0 Å². The van der Waals surface area contributed by atoms with Crippen LogP contribution in [0.4, 0.5) is 5.69 Å². The predicted molar refractivity (Wildman–Crippen MR) is 95.3 cm³/mol. The van der Waals surface area contributed by atoms with E-state index in [1.807, 2.05) is 25.1 Å². The van der Waals surface area contributed by atoms with Crippen LogP contribution in [0.15, 0.2) is 41.1 Å². The van der Waals surface area contributed by atoms with Crippen LogP contribution >= 0.6 is 15.9 Å². The first-order valence-corrected chi connectivity index (χ1v) is 8.10. The third-order valence-electron chi connectivity index (χ3n) is 3.23. The molecule has 0 aliphatic rings. The van der Waals surface area contributed by atoms with E-state index in [0.29, 0.717) is 30.0 Å². The van der Waals surface area contributed by atoms with Gasteiger partial charge in [0.25, 0.3) is 11.8 Å². The van der Waals surface area contributed by atoms with Gasteiger partial charge in [-0.05, 0) is 46.6 Å². The van der Waals surface area contributed by atoms with Gasteiger partial charge in [0.2, 0.25) is 0 Å². The maximum absolute atomic E-state index is 12.4. The largest absolute Gasteiger partial charge is 0.383 e. The molecule has 0 unspecified atom stereocenters. The van der Waals surface area contributed by atoms with Gasteiger partial charge < -0.3 is 15.4 Å². The third-order valence-corrected chi connectivity index (χ3v) is 3.88. The van der Waals surface area contributed by atoms with Crippen molar-refractivity contribution in [2.24, 2.45) is 0 Å². The van der Waals surface area contributed by atoms with E-state index >= 15 is 0 Å². The van der Waals surface area contributed by atoms with Crippen molar-refractivity contribution in [3.8, 4) is 0 Å². The Hall–Kier alpha value is -2.25. The number of methoxy groups -OCH3 is 1. The Bertz CT molecular complexity index is 750. The molecule has 2 aromatic rings. The molecule has 0 aliphatic heterocycles. The minimum Gasteiger partial charge on any atom is -0.383 e. The monoisotopic (exact) mass is 391 g/mol. The Morgan fingerprint density at radius 2 is 1.88 bits per heavy atom. The van der Waals surface area contributed by atoms with Crippen LogP contribution in [0.25, 0.3) is 0 Å². The van der Waals surface area contributed by atoms with E-state index in [4.69, 9.17) is 4.74 Å². The second-order valence-corrected chi connectivity index (χ2v) is 6.00. The van der Waals surface area contributed by atoms with Crippen molar-refractivity contribution in [3.05, 3.63) is 57.8 Å². The van der Waals surface area contributed by atoms with Crippen molar-refractivity contribution in [3.63, 3.8) is 0 Å². The Morgan fingerprint density at radius 1 is 1.17 bits per heavy atom. The van der Waals surface area contributed by atoms with Gasteiger partial charge in [0.15, 0.2) is 0 Å². The molecule has 126 valence electrons. The second-order valence-electron chi connectivity index (χ2n) is 5.15. The van der Waals surface area contributed by atoms with E-state index in [1.165, 1.54) is 18.5 Å². The third kappa shape index (κ3) is 4.87. The number of pyridine rings is 1. The molecule has 1 aromatic heterocycles. The van der Waals surface area contributed by atoms with Gasteiger partial charge in [-0.2, -0.15) is 0 Å². The number of carbonyl (C=O) groups is 2. The highest BCUT2D eigenvalue weighted by Gasteiger charge is 2.12. The molecule has 2 N–H and O–H groups in total. The van der Waals surface area contributed by atoms with E-state index in [2.05, 4.69) is 31.5 Å². The van der Waals surface area contributed by atoms with E-state index in [9.17, 15) is 9.59 Å². The molecule has 0 atom stereocenters. The minimum atomic E-state index is -0.335. The van der Waals surface area contributed by atoms with Gasteiger partial charge in [-0.3, -0.25) is 14.6 Å². The molecule has 1 aromatic carbocycles. The number of anilines is 1. The summed E-state index contributed by atoms with van der Waals surface area (Å²) in [5.74, 6) is -0.635. The number of nitrogens with one attached hydrogen (secondary N) is 2. The molecular formula is C17H18BrN3O3. The molecule has 24 heavy (non-hydrogen) atoms. The molecule has 0 fully saturated rings. The van der Waals surface area contributed by atoms with Gasteiger partial charge in [-0.1, -0.05) is 6.07 Å². The van der Waals surface area contributed by atoms with Crippen molar-refractivity contribution in [2.75, 3.05) is 25.6 Å². The smallest absolute Gasteiger partial charge is 0.257 e. The van der Waals surface area contributed by atoms with Gasteiger partial charge in [-0.15, -0.1) is 0 Å².